The molecule has 0 heterocycles. The fraction of sp³-hybridized carbons (Fsp3) is 0.125. The van der Waals surface area contributed by atoms with Crippen molar-refractivity contribution in [3.8, 4) is 35.0 Å². The number of terminal acetylenes is 1. The van der Waals surface area contributed by atoms with Crippen LogP contribution in [0.2, 0.25) is 0 Å². The molecule has 0 radical (unpaired) electrons. The molecule has 0 spiro atoms. The van der Waals surface area contributed by atoms with Crippen molar-refractivity contribution in [3.05, 3.63) is 76.8 Å². The lowest BCUT2D eigenvalue weighted by atomic mass is 10.0. The van der Waals surface area contributed by atoms with Gasteiger partial charge in [0.15, 0.2) is 17.6 Å². The van der Waals surface area contributed by atoms with Crippen LogP contribution in [-0.2, 0) is 4.79 Å². The topological polar surface area (TPSA) is 67.8 Å². The first-order chi connectivity index (χ1) is 14.5. The fourth-order valence-corrected chi connectivity index (χ4v) is 3.18. The molecule has 30 heavy (non-hydrogen) atoms. The highest BCUT2D eigenvalue weighted by atomic mass is 79.9. The quantitative estimate of drug-likeness (QED) is 0.491. The van der Waals surface area contributed by atoms with Crippen molar-refractivity contribution in [2.75, 3.05) is 19.0 Å². The Morgan fingerprint density at radius 1 is 1.13 bits per heavy atom. The third-order valence-electron chi connectivity index (χ3n) is 4.40. The standard InChI is InChI=1S/C24H20BrNO4/c1-3-14-30-21-13-10-17(15-22(21)29-2)19-6-4-5-7-20(19)26-24(28)23(27)16-8-11-18(25)12-9-16/h1,4-13,15,23,27H,14H2,2H3,(H,26,28). The van der Waals surface area contributed by atoms with Crippen molar-refractivity contribution in [2.45, 2.75) is 6.10 Å². The minimum atomic E-state index is -1.29. The third kappa shape index (κ3) is 5.01. The van der Waals surface area contributed by atoms with Crippen molar-refractivity contribution < 1.29 is 19.4 Å². The molecule has 0 saturated carbocycles. The SMILES string of the molecule is C#CCOc1ccc(-c2ccccc2NC(=O)C(O)c2ccc(Br)cc2)cc1OC. The Kier molecular flexibility index (Phi) is 7.12. The van der Waals surface area contributed by atoms with Crippen molar-refractivity contribution >= 4 is 27.5 Å². The fourth-order valence-electron chi connectivity index (χ4n) is 2.92. The van der Waals surface area contributed by atoms with Gasteiger partial charge >= 0.3 is 0 Å². The predicted octanol–water partition coefficient (Wildman–Crippen LogP) is 4.81. The second kappa shape index (κ2) is 9.97. The molecule has 0 aromatic heterocycles. The van der Waals surface area contributed by atoms with E-state index in [1.807, 2.05) is 30.3 Å². The van der Waals surface area contributed by atoms with E-state index in [-0.39, 0.29) is 6.61 Å². The molecule has 3 aromatic carbocycles. The summed E-state index contributed by atoms with van der Waals surface area (Å²) in [5.41, 5.74) is 2.66. The summed E-state index contributed by atoms with van der Waals surface area (Å²) in [6, 6.07) is 19.7. The van der Waals surface area contributed by atoms with Gasteiger partial charge in [-0.1, -0.05) is 58.2 Å². The van der Waals surface area contributed by atoms with Gasteiger partial charge in [0.05, 0.1) is 7.11 Å². The monoisotopic (exact) mass is 465 g/mol. The van der Waals surface area contributed by atoms with Gasteiger partial charge in [-0.05, 0) is 41.5 Å². The number of carbonyl (C=O) groups is 1. The molecule has 1 unspecified atom stereocenters. The zero-order valence-electron chi connectivity index (χ0n) is 16.3. The summed E-state index contributed by atoms with van der Waals surface area (Å²) < 4.78 is 11.8. The summed E-state index contributed by atoms with van der Waals surface area (Å²) in [4.78, 5) is 12.6. The zero-order chi connectivity index (χ0) is 21.5. The Balaban J connectivity index is 1.86. The Labute approximate surface area is 183 Å². The lowest BCUT2D eigenvalue weighted by Gasteiger charge is -2.16. The van der Waals surface area contributed by atoms with E-state index in [2.05, 4.69) is 27.2 Å². The number of aliphatic hydroxyl groups is 1. The molecule has 3 rings (SSSR count). The van der Waals surface area contributed by atoms with E-state index in [0.29, 0.717) is 22.7 Å². The van der Waals surface area contributed by atoms with E-state index >= 15 is 0 Å². The lowest BCUT2D eigenvalue weighted by Crippen LogP contribution is -2.21. The van der Waals surface area contributed by atoms with E-state index in [4.69, 9.17) is 15.9 Å². The number of hydrogen-bond acceptors (Lipinski definition) is 4. The molecule has 152 valence electrons. The van der Waals surface area contributed by atoms with E-state index in [1.54, 1.807) is 43.5 Å². The van der Waals surface area contributed by atoms with Gasteiger partial charge < -0.3 is 19.9 Å². The van der Waals surface area contributed by atoms with Crippen LogP contribution in [0, 0.1) is 12.3 Å². The van der Waals surface area contributed by atoms with Crippen molar-refractivity contribution in [1.82, 2.24) is 0 Å². The molecule has 0 aliphatic carbocycles. The summed E-state index contributed by atoms with van der Waals surface area (Å²) in [6.07, 6.45) is 3.96. The molecule has 1 atom stereocenters. The van der Waals surface area contributed by atoms with Crippen LogP contribution in [0.15, 0.2) is 71.2 Å². The Morgan fingerprint density at radius 3 is 2.57 bits per heavy atom. The summed E-state index contributed by atoms with van der Waals surface area (Å²) in [5, 5.41) is 13.2. The number of halogens is 1. The van der Waals surface area contributed by atoms with E-state index in [0.717, 1.165) is 15.6 Å². The average Bonchev–Trinajstić information content (AvgIpc) is 2.78. The molecule has 1 amide bonds. The number of ether oxygens (including phenoxy) is 2. The third-order valence-corrected chi connectivity index (χ3v) is 4.93. The molecule has 0 aliphatic heterocycles. The maximum Gasteiger partial charge on any atom is 0.257 e. The second-order valence-corrected chi connectivity index (χ2v) is 7.26. The number of anilines is 1. The molecule has 0 fully saturated rings. The number of methoxy groups -OCH3 is 1. The molecule has 3 aromatic rings. The number of para-hydroxylation sites is 1. The van der Waals surface area contributed by atoms with Gasteiger partial charge in [0, 0.05) is 15.7 Å². The summed E-state index contributed by atoms with van der Waals surface area (Å²) in [5.74, 6) is 2.96. The Morgan fingerprint density at radius 2 is 1.87 bits per heavy atom. The number of amides is 1. The Bertz CT molecular complexity index is 1070. The Hall–Kier alpha value is -3.27. The van der Waals surface area contributed by atoms with E-state index in [9.17, 15) is 9.90 Å². The first kappa shape index (κ1) is 21.4. The lowest BCUT2D eigenvalue weighted by molar-refractivity contribution is -0.124. The number of aliphatic hydroxyl groups excluding tert-OH is 1. The van der Waals surface area contributed by atoms with Crippen LogP contribution < -0.4 is 14.8 Å². The minimum absolute atomic E-state index is 0.135. The molecule has 5 nitrogen and oxygen atoms in total. The molecular weight excluding hydrogens is 446 g/mol. The number of hydrogen-bond donors (Lipinski definition) is 2. The van der Waals surface area contributed by atoms with Gasteiger partial charge in [0.1, 0.15) is 6.61 Å². The molecule has 0 aliphatic rings. The first-order valence-corrected chi connectivity index (χ1v) is 9.91. The van der Waals surface area contributed by atoms with Crippen LogP contribution in [0.5, 0.6) is 11.5 Å². The highest BCUT2D eigenvalue weighted by Gasteiger charge is 2.19. The van der Waals surface area contributed by atoms with Crippen LogP contribution in [0.3, 0.4) is 0 Å². The molecular formula is C24H20BrNO4. The number of nitrogens with one attached hydrogen (secondary N) is 1. The first-order valence-electron chi connectivity index (χ1n) is 9.11. The van der Waals surface area contributed by atoms with Crippen LogP contribution in [-0.4, -0.2) is 24.7 Å². The summed E-state index contributed by atoms with van der Waals surface area (Å²) in [6.45, 7) is 0.135. The number of benzene rings is 3. The smallest absolute Gasteiger partial charge is 0.257 e. The average molecular weight is 466 g/mol. The van der Waals surface area contributed by atoms with E-state index < -0.39 is 12.0 Å². The van der Waals surface area contributed by atoms with Crippen molar-refractivity contribution in [2.24, 2.45) is 0 Å². The molecule has 0 saturated heterocycles. The van der Waals surface area contributed by atoms with Crippen LogP contribution in [0.4, 0.5) is 5.69 Å². The molecule has 6 heteroatoms. The second-order valence-electron chi connectivity index (χ2n) is 6.35. The van der Waals surface area contributed by atoms with Crippen molar-refractivity contribution in [1.29, 1.82) is 0 Å². The van der Waals surface area contributed by atoms with Gasteiger partial charge in [0.2, 0.25) is 0 Å². The minimum Gasteiger partial charge on any atom is -0.493 e. The predicted molar refractivity (Wildman–Crippen MR) is 120 cm³/mol. The molecule has 0 bridgehead atoms. The maximum absolute atomic E-state index is 12.6. The van der Waals surface area contributed by atoms with E-state index in [1.165, 1.54) is 0 Å². The highest BCUT2D eigenvalue weighted by molar-refractivity contribution is 9.10. The van der Waals surface area contributed by atoms with Gasteiger partial charge in [-0.25, -0.2) is 0 Å². The highest BCUT2D eigenvalue weighted by Crippen LogP contribution is 2.35. The normalized spacial score (nSPS) is 11.3. The van der Waals surface area contributed by atoms with Crippen LogP contribution >= 0.6 is 15.9 Å². The maximum atomic E-state index is 12.6. The largest absolute Gasteiger partial charge is 0.493 e. The summed E-state index contributed by atoms with van der Waals surface area (Å²) >= 11 is 3.34. The van der Waals surface area contributed by atoms with Crippen molar-refractivity contribution in [3.63, 3.8) is 0 Å². The van der Waals surface area contributed by atoms with Crippen LogP contribution in [0.1, 0.15) is 11.7 Å². The zero-order valence-corrected chi connectivity index (χ0v) is 17.8. The van der Waals surface area contributed by atoms with Gasteiger partial charge in [0.25, 0.3) is 5.91 Å². The van der Waals surface area contributed by atoms with Crippen LogP contribution in [0.25, 0.3) is 11.1 Å². The van der Waals surface area contributed by atoms with Gasteiger partial charge in [-0.3, -0.25) is 4.79 Å². The van der Waals surface area contributed by atoms with Gasteiger partial charge in [-0.2, -0.15) is 0 Å². The molecule has 2 N–H and O–H groups in total. The number of carbonyl (C=O) groups excluding carboxylic acids is 1. The van der Waals surface area contributed by atoms with Gasteiger partial charge in [-0.15, -0.1) is 6.42 Å². The number of rotatable bonds is 7. The summed E-state index contributed by atoms with van der Waals surface area (Å²) in [7, 11) is 1.55.